The molecule has 0 unspecified atom stereocenters. The molecule has 0 aliphatic rings. The smallest absolute Gasteiger partial charge is 0.00202 e. The minimum absolute atomic E-state index is 1.33. The largest absolute Gasteiger partial charge is 0.0610 e. The van der Waals surface area contributed by atoms with E-state index in [0.717, 1.165) is 0 Å². The van der Waals surface area contributed by atoms with E-state index in [1.807, 2.05) is 0 Å². The van der Waals surface area contributed by atoms with Crippen LogP contribution in [0.25, 0.3) is 43.1 Å². The maximum absolute atomic E-state index is 2.29. The molecule has 0 saturated carbocycles. The maximum Gasteiger partial charge on any atom is -0.00202 e. The fourth-order valence-corrected chi connectivity index (χ4v) is 3.98. The lowest BCUT2D eigenvalue weighted by Crippen LogP contribution is -1.90. The van der Waals surface area contributed by atoms with Crippen LogP contribution in [0.2, 0.25) is 0 Å². The standard InChI is InChI=1S/C22H16/c1-13-9-12-18-17-7-3-5-15-10-11-16-6-4-8-19(20(18)14(13)2)22(16)21(15)17/h3-12H,1-2H3. The van der Waals surface area contributed by atoms with Crippen molar-refractivity contribution in [3.8, 4) is 0 Å². The third-order valence-electron chi connectivity index (χ3n) is 5.18. The van der Waals surface area contributed by atoms with Gasteiger partial charge in [-0.3, -0.25) is 0 Å². The molecule has 0 aromatic heterocycles. The zero-order valence-electron chi connectivity index (χ0n) is 12.8. The number of rotatable bonds is 0. The van der Waals surface area contributed by atoms with Crippen molar-refractivity contribution in [3.63, 3.8) is 0 Å². The van der Waals surface area contributed by atoms with Gasteiger partial charge in [0.25, 0.3) is 0 Å². The number of aryl methyl sites for hydroxylation is 2. The highest BCUT2D eigenvalue weighted by atomic mass is 14.2. The molecule has 0 atom stereocenters. The van der Waals surface area contributed by atoms with Crippen LogP contribution in [-0.4, -0.2) is 0 Å². The summed E-state index contributed by atoms with van der Waals surface area (Å²) >= 11 is 0. The molecule has 0 aliphatic heterocycles. The average molecular weight is 280 g/mol. The van der Waals surface area contributed by atoms with Crippen LogP contribution in [0.15, 0.2) is 60.7 Å². The lowest BCUT2D eigenvalue weighted by Gasteiger charge is -2.16. The highest BCUT2D eigenvalue weighted by molar-refractivity contribution is 6.34. The molecule has 5 rings (SSSR count). The van der Waals surface area contributed by atoms with E-state index in [9.17, 15) is 0 Å². The van der Waals surface area contributed by atoms with E-state index >= 15 is 0 Å². The molecule has 5 aromatic carbocycles. The Morgan fingerprint density at radius 1 is 0.500 bits per heavy atom. The van der Waals surface area contributed by atoms with Crippen LogP contribution in [0.5, 0.6) is 0 Å². The molecule has 0 saturated heterocycles. The Labute approximate surface area is 129 Å². The summed E-state index contributed by atoms with van der Waals surface area (Å²) < 4.78 is 0. The van der Waals surface area contributed by atoms with E-state index in [1.54, 1.807) is 0 Å². The zero-order chi connectivity index (χ0) is 14.8. The molecule has 22 heavy (non-hydrogen) atoms. The summed E-state index contributed by atoms with van der Waals surface area (Å²) in [5.41, 5.74) is 2.76. The van der Waals surface area contributed by atoms with E-state index in [2.05, 4.69) is 74.5 Å². The summed E-state index contributed by atoms with van der Waals surface area (Å²) in [6, 6.07) is 22.4. The summed E-state index contributed by atoms with van der Waals surface area (Å²) in [4.78, 5) is 0. The molecule has 0 fully saturated rings. The second kappa shape index (κ2) is 3.98. The van der Waals surface area contributed by atoms with E-state index in [4.69, 9.17) is 0 Å². The predicted molar refractivity (Wildman–Crippen MR) is 97.1 cm³/mol. The van der Waals surface area contributed by atoms with Crippen molar-refractivity contribution in [1.82, 2.24) is 0 Å². The summed E-state index contributed by atoms with van der Waals surface area (Å²) in [7, 11) is 0. The van der Waals surface area contributed by atoms with Crippen molar-refractivity contribution in [2.75, 3.05) is 0 Å². The van der Waals surface area contributed by atoms with Crippen LogP contribution in [0, 0.1) is 13.8 Å². The molecule has 104 valence electrons. The van der Waals surface area contributed by atoms with Crippen LogP contribution in [-0.2, 0) is 0 Å². The number of hydrogen-bond acceptors (Lipinski definition) is 0. The van der Waals surface area contributed by atoms with Gasteiger partial charge < -0.3 is 0 Å². The van der Waals surface area contributed by atoms with E-state index in [1.165, 1.54) is 54.2 Å². The summed E-state index contributed by atoms with van der Waals surface area (Å²) in [5.74, 6) is 0. The van der Waals surface area contributed by atoms with E-state index in [-0.39, 0.29) is 0 Å². The molecule has 0 N–H and O–H groups in total. The van der Waals surface area contributed by atoms with Gasteiger partial charge in [0, 0.05) is 0 Å². The van der Waals surface area contributed by atoms with Gasteiger partial charge in [-0.15, -0.1) is 0 Å². The summed E-state index contributed by atoms with van der Waals surface area (Å²) in [6.07, 6.45) is 0. The van der Waals surface area contributed by atoms with Gasteiger partial charge in [-0.1, -0.05) is 60.7 Å². The van der Waals surface area contributed by atoms with Crippen LogP contribution >= 0.6 is 0 Å². The molecule has 0 heteroatoms. The Bertz CT molecular complexity index is 1180. The van der Waals surface area contributed by atoms with Gasteiger partial charge in [-0.25, -0.2) is 0 Å². The Morgan fingerprint density at radius 2 is 1.09 bits per heavy atom. The second-order valence-electron chi connectivity index (χ2n) is 6.30. The Morgan fingerprint density at radius 3 is 1.82 bits per heavy atom. The molecule has 0 bridgehead atoms. The lowest BCUT2D eigenvalue weighted by atomic mass is 9.87. The molecule has 0 aliphatic carbocycles. The van der Waals surface area contributed by atoms with Gasteiger partial charge in [0.15, 0.2) is 0 Å². The molecule has 5 aromatic rings. The summed E-state index contributed by atoms with van der Waals surface area (Å²) in [5, 5.41) is 11.0. The fraction of sp³-hybridized carbons (Fsp3) is 0.0909. The summed E-state index contributed by atoms with van der Waals surface area (Å²) in [6.45, 7) is 4.46. The highest BCUT2D eigenvalue weighted by Gasteiger charge is 2.14. The van der Waals surface area contributed by atoms with Crippen molar-refractivity contribution in [2.24, 2.45) is 0 Å². The molecule has 0 spiro atoms. The molecular formula is C22H16. The second-order valence-corrected chi connectivity index (χ2v) is 6.30. The van der Waals surface area contributed by atoms with Gasteiger partial charge in [-0.2, -0.15) is 0 Å². The zero-order valence-corrected chi connectivity index (χ0v) is 12.8. The van der Waals surface area contributed by atoms with Crippen molar-refractivity contribution in [3.05, 3.63) is 71.8 Å². The Hall–Kier alpha value is -2.60. The van der Waals surface area contributed by atoms with Gasteiger partial charge in [0.1, 0.15) is 0 Å². The first-order valence-corrected chi connectivity index (χ1v) is 7.81. The van der Waals surface area contributed by atoms with E-state index < -0.39 is 0 Å². The quantitative estimate of drug-likeness (QED) is 0.229. The third-order valence-corrected chi connectivity index (χ3v) is 5.18. The number of hydrogen-bond donors (Lipinski definition) is 0. The molecular weight excluding hydrogens is 264 g/mol. The first kappa shape index (κ1) is 12.0. The predicted octanol–water partition coefficient (Wildman–Crippen LogP) is 6.35. The highest BCUT2D eigenvalue weighted by Crippen LogP contribution is 2.41. The van der Waals surface area contributed by atoms with Crippen LogP contribution in [0.4, 0.5) is 0 Å². The van der Waals surface area contributed by atoms with Gasteiger partial charge in [0.2, 0.25) is 0 Å². The monoisotopic (exact) mass is 280 g/mol. The van der Waals surface area contributed by atoms with Gasteiger partial charge in [-0.05, 0) is 68.1 Å². The minimum Gasteiger partial charge on any atom is -0.0610 e. The molecule has 0 radical (unpaired) electrons. The molecule has 0 nitrogen and oxygen atoms in total. The van der Waals surface area contributed by atoms with Crippen LogP contribution < -0.4 is 0 Å². The SMILES string of the molecule is Cc1ccc2c3cccc4ccc5cccc(c2c1C)c5c43. The first-order chi connectivity index (χ1) is 10.8. The normalized spacial score (nSPS) is 12.1. The molecule has 0 amide bonds. The number of benzene rings is 5. The van der Waals surface area contributed by atoms with Crippen molar-refractivity contribution in [1.29, 1.82) is 0 Å². The van der Waals surface area contributed by atoms with Crippen molar-refractivity contribution in [2.45, 2.75) is 13.8 Å². The molecule has 0 heterocycles. The number of fused-ring (bicyclic) bond motifs is 3. The van der Waals surface area contributed by atoms with Crippen molar-refractivity contribution < 1.29 is 0 Å². The van der Waals surface area contributed by atoms with Gasteiger partial charge in [0.05, 0.1) is 0 Å². The average Bonchev–Trinajstić information content (AvgIpc) is 2.56. The van der Waals surface area contributed by atoms with Crippen molar-refractivity contribution >= 4 is 43.1 Å². The fourth-order valence-electron chi connectivity index (χ4n) is 3.98. The van der Waals surface area contributed by atoms with Crippen LogP contribution in [0.3, 0.4) is 0 Å². The Kier molecular flexibility index (Phi) is 2.17. The van der Waals surface area contributed by atoms with Crippen LogP contribution in [0.1, 0.15) is 11.1 Å². The third kappa shape index (κ3) is 1.33. The lowest BCUT2D eigenvalue weighted by molar-refractivity contribution is 1.39. The maximum atomic E-state index is 2.29. The van der Waals surface area contributed by atoms with Gasteiger partial charge >= 0.3 is 0 Å². The Balaban J connectivity index is 2.30. The topological polar surface area (TPSA) is 0 Å². The first-order valence-electron chi connectivity index (χ1n) is 7.81. The van der Waals surface area contributed by atoms with E-state index in [0.29, 0.717) is 0 Å². The minimum atomic E-state index is 1.33.